The van der Waals surface area contributed by atoms with E-state index in [1.165, 1.54) is 0 Å². The molecule has 0 spiro atoms. The van der Waals surface area contributed by atoms with Crippen LogP contribution in [0.15, 0.2) is 22.7 Å². The van der Waals surface area contributed by atoms with Crippen molar-refractivity contribution in [1.82, 2.24) is 0 Å². The number of carbonyl (C=O) groups is 1. The molecule has 0 radical (unpaired) electrons. The number of methoxy groups -OCH3 is 1. The molecule has 0 aromatic heterocycles. The Morgan fingerprint density at radius 3 is 2.93 bits per heavy atom. The van der Waals surface area contributed by atoms with Crippen molar-refractivity contribution in [2.24, 2.45) is 0 Å². The van der Waals surface area contributed by atoms with Gasteiger partial charge in [-0.1, -0.05) is 15.9 Å². The van der Waals surface area contributed by atoms with Crippen molar-refractivity contribution in [2.45, 2.75) is 6.42 Å². The Labute approximate surface area is 102 Å². The molecule has 3 nitrogen and oxygen atoms in total. The van der Waals surface area contributed by atoms with E-state index in [2.05, 4.69) is 21.2 Å². The van der Waals surface area contributed by atoms with Gasteiger partial charge in [-0.25, -0.2) is 0 Å². The molecule has 1 aromatic carbocycles. The molecule has 0 saturated carbocycles. The van der Waals surface area contributed by atoms with Gasteiger partial charge in [0.25, 0.3) is 0 Å². The van der Waals surface area contributed by atoms with E-state index in [-0.39, 0.29) is 12.3 Å². The zero-order valence-electron chi connectivity index (χ0n) is 8.22. The summed E-state index contributed by atoms with van der Waals surface area (Å²) >= 11 is 8.79. The zero-order chi connectivity index (χ0) is 11.3. The van der Waals surface area contributed by atoms with Crippen molar-refractivity contribution >= 4 is 39.1 Å². The third kappa shape index (κ3) is 3.72. The van der Waals surface area contributed by atoms with Crippen molar-refractivity contribution in [3.8, 4) is 5.75 Å². The lowest BCUT2D eigenvalue weighted by Gasteiger charge is -2.09. The third-order valence-corrected chi connectivity index (χ3v) is 2.44. The van der Waals surface area contributed by atoms with Gasteiger partial charge in [-0.05, 0) is 18.2 Å². The van der Waals surface area contributed by atoms with Gasteiger partial charge < -0.3 is 10.1 Å². The minimum atomic E-state index is -0.124. The van der Waals surface area contributed by atoms with Crippen LogP contribution in [0.25, 0.3) is 0 Å². The maximum absolute atomic E-state index is 11.3. The van der Waals surface area contributed by atoms with Gasteiger partial charge in [0.2, 0.25) is 5.91 Å². The summed E-state index contributed by atoms with van der Waals surface area (Å²) in [5, 5.41) is 2.72. The summed E-state index contributed by atoms with van der Waals surface area (Å²) in [5.74, 6) is 0.810. The second-order valence-electron chi connectivity index (χ2n) is 2.83. The first-order chi connectivity index (χ1) is 7.17. The van der Waals surface area contributed by atoms with E-state index in [1.807, 2.05) is 6.07 Å². The Kier molecular flexibility index (Phi) is 4.91. The van der Waals surface area contributed by atoms with Crippen molar-refractivity contribution in [3.63, 3.8) is 0 Å². The van der Waals surface area contributed by atoms with Crippen LogP contribution < -0.4 is 10.1 Å². The summed E-state index contributed by atoms with van der Waals surface area (Å²) in [4.78, 5) is 11.3. The van der Waals surface area contributed by atoms with Crippen LogP contribution >= 0.6 is 27.5 Å². The number of hydrogen-bond donors (Lipinski definition) is 1. The molecular weight excluding hydrogens is 281 g/mol. The van der Waals surface area contributed by atoms with Crippen LogP contribution in [-0.4, -0.2) is 18.9 Å². The maximum atomic E-state index is 11.3. The number of hydrogen-bond acceptors (Lipinski definition) is 2. The molecule has 0 unspecified atom stereocenters. The number of carbonyl (C=O) groups excluding carboxylic acids is 1. The van der Waals surface area contributed by atoms with Crippen LogP contribution in [0.4, 0.5) is 5.69 Å². The monoisotopic (exact) mass is 291 g/mol. The molecular formula is C10H11BrClNO2. The van der Waals surface area contributed by atoms with E-state index in [0.717, 1.165) is 4.47 Å². The molecule has 0 bridgehead atoms. The van der Waals surface area contributed by atoms with Crippen molar-refractivity contribution < 1.29 is 9.53 Å². The smallest absolute Gasteiger partial charge is 0.225 e. The largest absolute Gasteiger partial charge is 0.495 e. The fourth-order valence-electron chi connectivity index (χ4n) is 1.08. The molecule has 0 heterocycles. The molecule has 5 heteroatoms. The highest BCUT2D eigenvalue weighted by Crippen LogP contribution is 2.27. The summed E-state index contributed by atoms with van der Waals surface area (Å²) in [6, 6.07) is 5.40. The van der Waals surface area contributed by atoms with Crippen molar-refractivity contribution in [1.29, 1.82) is 0 Å². The van der Waals surface area contributed by atoms with Crippen LogP contribution in [0.3, 0.4) is 0 Å². The van der Waals surface area contributed by atoms with Crippen molar-refractivity contribution in [2.75, 3.05) is 18.3 Å². The van der Waals surface area contributed by atoms with E-state index in [9.17, 15) is 4.79 Å². The van der Waals surface area contributed by atoms with E-state index in [1.54, 1.807) is 19.2 Å². The molecule has 1 aromatic rings. The van der Waals surface area contributed by atoms with Gasteiger partial charge >= 0.3 is 0 Å². The number of halogens is 2. The number of nitrogens with one attached hydrogen (secondary N) is 1. The first-order valence-corrected chi connectivity index (χ1v) is 5.69. The molecule has 1 rings (SSSR count). The van der Waals surface area contributed by atoms with Crippen LogP contribution in [-0.2, 0) is 4.79 Å². The topological polar surface area (TPSA) is 38.3 Å². The summed E-state index contributed by atoms with van der Waals surface area (Å²) in [7, 11) is 1.56. The van der Waals surface area contributed by atoms with Gasteiger partial charge in [-0.2, -0.15) is 0 Å². The van der Waals surface area contributed by atoms with Crippen molar-refractivity contribution in [3.05, 3.63) is 22.7 Å². The predicted octanol–water partition coefficient (Wildman–Crippen LogP) is 3.03. The number of rotatable bonds is 4. The van der Waals surface area contributed by atoms with Gasteiger partial charge in [0.05, 0.1) is 12.8 Å². The molecule has 1 amide bonds. The van der Waals surface area contributed by atoms with Crippen LogP contribution in [0.5, 0.6) is 5.75 Å². The fourth-order valence-corrected chi connectivity index (χ4v) is 1.61. The maximum Gasteiger partial charge on any atom is 0.225 e. The summed E-state index contributed by atoms with van der Waals surface area (Å²) in [5.41, 5.74) is 0.641. The number of ether oxygens (including phenoxy) is 1. The highest BCUT2D eigenvalue weighted by atomic mass is 79.9. The Hall–Kier alpha value is -0.740. The normalized spacial score (nSPS) is 9.80. The van der Waals surface area contributed by atoms with Gasteiger partial charge in [-0.15, -0.1) is 11.6 Å². The first-order valence-electron chi connectivity index (χ1n) is 4.36. The minimum Gasteiger partial charge on any atom is -0.495 e. The standard InChI is InChI=1S/C10H11BrClNO2/c1-15-9-3-2-7(11)6-8(9)13-10(14)4-5-12/h2-3,6H,4-5H2,1H3,(H,13,14). The SMILES string of the molecule is COc1ccc(Br)cc1NC(=O)CCCl. The molecule has 0 aliphatic carbocycles. The minimum absolute atomic E-state index is 0.124. The fraction of sp³-hybridized carbons (Fsp3) is 0.300. The molecule has 15 heavy (non-hydrogen) atoms. The van der Waals surface area contributed by atoms with Gasteiger partial charge in [0.15, 0.2) is 0 Å². The molecule has 0 fully saturated rings. The molecule has 1 N–H and O–H groups in total. The van der Waals surface area contributed by atoms with E-state index in [4.69, 9.17) is 16.3 Å². The Balaban J connectivity index is 2.82. The van der Waals surface area contributed by atoms with Crippen LogP contribution in [0.1, 0.15) is 6.42 Å². The molecule has 0 saturated heterocycles. The average Bonchev–Trinajstić information content (AvgIpc) is 2.18. The molecule has 82 valence electrons. The lowest BCUT2D eigenvalue weighted by Crippen LogP contribution is -2.12. The quantitative estimate of drug-likeness (QED) is 0.866. The average molecular weight is 293 g/mol. The second kappa shape index (κ2) is 5.98. The molecule has 0 aliphatic heterocycles. The highest BCUT2D eigenvalue weighted by Gasteiger charge is 2.07. The molecule has 0 atom stereocenters. The first kappa shape index (κ1) is 12.3. The van der Waals surface area contributed by atoms with Gasteiger partial charge in [0.1, 0.15) is 5.75 Å². The number of benzene rings is 1. The number of alkyl halides is 1. The van der Waals surface area contributed by atoms with Crippen LogP contribution in [0, 0.1) is 0 Å². The Morgan fingerprint density at radius 1 is 1.60 bits per heavy atom. The van der Waals surface area contributed by atoms with E-state index >= 15 is 0 Å². The van der Waals surface area contributed by atoms with Gasteiger partial charge in [-0.3, -0.25) is 4.79 Å². The number of amides is 1. The number of anilines is 1. The second-order valence-corrected chi connectivity index (χ2v) is 4.13. The highest BCUT2D eigenvalue weighted by molar-refractivity contribution is 9.10. The van der Waals surface area contributed by atoms with E-state index < -0.39 is 0 Å². The summed E-state index contributed by atoms with van der Waals surface area (Å²) in [6.45, 7) is 0. The Morgan fingerprint density at radius 2 is 2.33 bits per heavy atom. The molecule has 0 aliphatic rings. The summed E-state index contributed by atoms with van der Waals surface area (Å²) in [6.07, 6.45) is 0.289. The zero-order valence-corrected chi connectivity index (χ0v) is 10.6. The lowest BCUT2D eigenvalue weighted by atomic mass is 10.3. The van der Waals surface area contributed by atoms with E-state index in [0.29, 0.717) is 17.3 Å². The predicted molar refractivity (Wildman–Crippen MR) is 64.7 cm³/mol. The summed E-state index contributed by atoms with van der Waals surface area (Å²) < 4.78 is 5.99. The van der Waals surface area contributed by atoms with Crippen LogP contribution in [0.2, 0.25) is 0 Å². The Bertz CT molecular complexity index is 357. The van der Waals surface area contributed by atoms with Gasteiger partial charge in [0, 0.05) is 16.8 Å². The third-order valence-electron chi connectivity index (χ3n) is 1.76. The lowest BCUT2D eigenvalue weighted by molar-refractivity contribution is -0.115.